The first-order valence-corrected chi connectivity index (χ1v) is 13.2. The molecule has 1 aliphatic rings. The average molecular weight is 516 g/mol. The molecule has 0 atom stereocenters. The van der Waals surface area contributed by atoms with Crippen molar-refractivity contribution in [1.82, 2.24) is 15.2 Å². The summed E-state index contributed by atoms with van der Waals surface area (Å²) in [6.07, 6.45) is -1.71. The van der Waals surface area contributed by atoms with Gasteiger partial charge in [0.05, 0.1) is 0 Å². The molecular weight excluding hydrogens is 491 g/mol. The fourth-order valence-electron chi connectivity index (χ4n) is 4.41. The predicted molar refractivity (Wildman–Crippen MR) is 135 cm³/mol. The third kappa shape index (κ3) is 5.42. The van der Waals surface area contributed by atoms with Crippen molar-refractivity contribution < 1.29 is 18.0 Å². The van der Waals surface area contributed by atoms with E-state index in [1.807, 2.05) is 36.4 Å². The number of fused-ring (bicyclic) bond motifs is 1. The third-order valence-electron chi connectivity index (χ3n) is 6.11. The maximum absolute atomic E-state index is 13.7. The average Bonchev–Trinajstić information content (AvgIpc) is 3.58. The number of halogens is 3. The van der Waals surface area contributed by atoms with Crippen LogP contribution < -0.4 is 5.32 Å². The number of thiazole rings is 1. The highest BCUT2D eigenvalue weighted by Crippen LogP contribution is 2.41. The van der Waals surface area contributed by atoms with Crippen molar-refractivity contribution in [2.45, 2.75) is 32.0 Å². The van der Waals surface area contributed by atoms with E-state index in [-0.39, 0.29) is 11.6 Å². The number of likely N-dealkylation sites (tertiary alicyclic amines) is 1. The number of aromatic nitrogens is 1. The van der Waals surface area contributed by atoms with Crippen LogP contribution in [0.15, 0.2) is 53.9 Å². The van der Waals surface area contributed by atoms with Crippen molar-refractivity contribution in [1.29, 1.82) is 0 Å². The van der Waals surface area contributed by atoms with E-state index in [2.05, 4.69) is 27.3 Å². The van der Waals surface area contributed by atoms with Crippen LogP contribution in [0.25, 0.3) is 20.7 Å². The van der Waals surface area contributed by atoms with E-state index in [4.69, 9.17) is 0 Å². The van der Waals surface area contributed by atoms with Crippen LogP contribution in [0.2, 0.25) is 0 Å². The van der Waals surface area contributed by atoms with E-state index < -0.39 is 22.7 Å². The Morgan fingerprint density at radius 2 is 1.83 bits per heavy atom. The van der Waals surface area contributed by atoms with Gasteiger partial charge in [0.1, 0.15) is 9.88 Å². The fourth-order valence-corrected chi connectivity index (χ4v) is 6.46. The van der Waals surface area contributed by atoms with Gasteiger partial charge in [0.15, 0.2) is 5.69 Å². The SMILES string of the molecule is O=C(NCCc1cccc(CN2CCCC2)c1)c1sc(-c2csc3ccccc23)nc1C(F)(F)F. The molecule has 2 aromatic heterocycles. The molecule has 0 unspecified atom stereocenters. The summed E-state index contributed by atoms with van der Waals surface area (Å²) < 4.78 is 42.2. The molecule has 0 aliphatic carbocycles. The molecule has 0 spiro atoms. The van der Waals surface area contributed by atoms with Gasteiger partial charge in [-0.1, -0.05) is 42.5 Å². The summed E-state index contributed by atoms with van der Waals surface area (Å²) in [7, 11) is 0. The summed E-state index contributed by atoms with van der Waals surface area (Å²) in [4.78, 5) is 18.7. The van der Waals surface area contributed by atoms with Crippen molar-refractivity contribution in [2.75, 3.05) is 19.6 Å². The summed E-state index contributed by atoms with van der Waals surface area (Å²) in [5, 5.41) is 5.50. The van der Waals surface area contributed by atoms with Crippen molar-refractivity contribution in [2.24, 2.45) is 0 Å². The molecule has 1 aliphatic heterocycles. The zero-order chi connectivity index (χ0) is 24.4. The molecule has 1 amide bonds. The van der Waals surface area contributed by atoms with Gasteiger partial charge in [0, 0.05) is 34.1 Å². The maximum atomic E-state index is 13.7. The minimum Gasteiger partial charge on any atom is -0.351 e. The molecule has 2 aromatic carbocycles. The second-order valence-corrected chi connectivity index (χ2v) is 10.6. The van der Waals surface area contributed by atoms with Crippen molar-refractivity contribution >= 4 is 38.7 Å². The van der Waals surface area contributed by atoms with Gasteiger partial charge in [-0.2, -0.15) is 13.2 Å². The minimum absolute atomic E-state index is 0.203. The summed E-state index contributed by atoms with van der Waals surface area (Å²) in [5.41, 5.74) is 1.76. The molecule has 4 nitrogen and oxygen atoms in total. The standard InChI is InChI=1S/C26H24F3N3OS2/c27-26(28,29)23-22(35-25(31-23)20-16-34-21-9-2-1-8-19(20)21)24(33)30-11-10-17-6-5-7-18(14-17)15-32-12-3-4-13-32/h1-2,5-9,14,16H,3-4,10-13,15H2,(H,30,33). The lowest BCUT2D eigenvalue weighted by atomic mass is 10.1. The Morgan fingerprint density at radius 1 is 1.06 bits per heavy atom. The second-order valence-electron chi connectivity index (χ2n) is 8.65. The van der Waals surface area contributed by atoms with E-state index in [0.717, 1.165) is 46.6 Å². The van der Waals surface area contributed by atoms with Gasteiger partial charge in [-0.15, -0.1) is 22.7 Å². The van der Waals surface area contributed by atoms with Gasteiger partial charge in [0.2, 0.25) is 0 Å². The van der Waals surface area contributed by atoms with Crippen LogP contribution in [0.5, 0.6) is 0 Å². The molecule has 9 heteroatoms. The number of rotatable bonds is 7. The molecule has 1 saturated heterocycles. The van der Waals surface area contributed by atoms with Crippen LogP contribution in [-0.2, 0) is 19.1 Å². The number of nitrogens with zero attached hydrogens (tertiary/aromatic N) is 2. The third-order valence-corrected chi connectivity index (χ3v) is 8.16. The number of thiophene rings is 1. The second kappa shape index (κ2) is 10.1. The number of alkyl halides is 3. The Balaban J connectivity index is 1.29. The van der Waals surface area contributed by atoms with Crippen LogP contribution in [-0.4, -0.2) is 35.4 Å². The van der Waals surface area contributed by atoms with E-state index in [0.29, 0.717) is 12.0 Å². The molecule has 0 saturated carbocycles. The van der Waals surface area contributed by atoms with Crippen LogP contribution in [0.1, 0.15) is 39.3 Å². The Bertz CT molecular complexity index is 1340. The quantitative estimate of drug-likeness (QED) is 0.301. The first kappa shape index (κ1) is 24.0. The van der Waals surface area contributed by atoms with Gasteiger partial charge >= 0.3 is 6.18 Å². The van der Waals surface area contributed by atoms with Crippen LogP contribution >= 0.6 is 22.7 Å². The molecule has 35 heavy (non-hydrogen) atoms. The molecule has 1 N–H and O–H groups in total. The van der Waals surface area contributed by atoms with Gasteiger partial charge in [-0.3, -0.25) is 9.69 Å². The number of hydrogen-bond acceptors (Lipinski definition) is 5. The minimum atomic E-state index is -4.71. The number of carbonyl (C=O) groups is 1. The van der Waals surface area contributed by atoms with E-state index in [9.17, 15) is 18.0 Å². The predicted octanol–water partition coefficient (Wildman–Crippen LogP) is 6.61. The molecule has 5 rings (SSSR count). The summed E-state index contributed by atoms with van der Waals surface area (Å²) in [6, 6.07) is 15.7. The molecule has 0 bridgehead atoms. The summed E-state index contributed by atoms with van der Waals surface area (Å²) in [5.74, 6) is -0.742. The van der Waals surface area contributed by atoms with Crippen molar-refractivity contribution in [3.8, 4) is 10.6 Å². The first-order chi connectivity index (χ1) is 16.9. The molecule has 0 radical (unpaired) electrons. The lowest BCUT2D eigenvalue weighted by Crippen LogP contribution is -2.27. The molecule has 1 fully saturated rings. The number of amides is 1. The molecule has 182 valence electrons. The highest BCUT2D eigenvalue weighted by Gasteiger charge is 2.40. The first-order valence-electron chi connectivity index (χ1n) is 11.5. The van der Waals surface area contributed by atoms with Crippen LogP contribution in [0, 0.1) is 0 Å². The topological polar surface area (TPSA) is 45.2 Å². The lowest BCUT2D eigenvalue weighted by molar-refractivity contribution is -0.141. The highest BCUT2D eigenvalue weighted by molar-refractivity contribution is 7.20. The molecular formula is C26H24F3N3OS2. The Hall–Kier alpha value is -2.75. The Labute approximate surface area is 209 Å². The van der Waals surface area contributed by atoms with E-state index >= 15 is 0 Å². The van der Waals surface area contributed by atoms with E-state index in [1.165, 1.54) is 29.7 Å². The number of carbonyl (C=O) groups excluding carboxylic acids is 1. The van der Waals surface area contributed by atoms with Gasteiger partial charge in [-0.05, 0) is 49.5 Å². The van der Waals surface area contributed by atoms with Crippen molar-refractivity contribution in [3.05, 3.63) is 75.6 Å². The number of nitrogens with one attached hydrogen (secondary N) is 1. The van der Waals surface area contributed by atoms with Crippen LogP contribution in [0.4, 0.5) is 13.2 Å². The number of benzene rings is 2. The smallest absolute Gasteiger partial charge is 0.351 e. The monoisotopic (exact) mass is 515 g/mol. The Kier molecular flexibility index (Phi) is 6.91. The van der Waals surface area contributed by atoms with Crippen LogP contribution in [0.3, 0.4) is 0 Å². The normalized spacial score (nSPS) is 14.6. The van der Waals surface area contributed by atoms with Gasteiger partial charge < -0.3 is 5.32 Å². The van der Waals surface area contributed by atoms with Gasteiger partial charge in [0.25, 0.3) is 5.91 Å². The summed E-state index contributed by atoms with van der Waals surface area (Å²) >= 11 is 2.24. The molecule has 3 heterocycles. The van der Waals surface area contributed by atoms with Gasteiger partial charge in [-0.25, -0.2) is 4.98 Å². The zero-order valence-electron chi connectivity index (χ0n) is 18.9. The van der Waals surface area contributed by atoms with Crippen molar-refractivity contribution in [3.63, 3.8) is 0 Å². The Morgan fingerprint density at radius 3 is 2.63 bits per heavy atom. The maximum Gasteiger partial charge on any atom is 0.435 e. The fraction of sp³-hybridized carbons (Fsp3) is 0.308. The zero-order valence-corrected chi connectivity index (χ0v) is 20.5. The molecule has 4 aromatic rings. The largest absolute Gasteiger partial charge is 0.435 e. The highest BCUT2D eigenvalue weighted by atomic mass is 32.1. The number of hydrogen-bond donors (Lipinski definition) is 1. The summed E-state index contributed by atoms with van der Waals surface area (Å²) in [6.45, 7) is 3.37. The lowest BCUT2D eigenvalue weighted by Gasteiger charge is -2.15. The van der Waals surface area contributed by atoms with E-state index in [1.54, 1.807) is 5.38 Å².